The van der Waals surface area contributed by atoms with Gasteiger partial charge in [0.1, 0.15) is 18.2 Å². The van der Waals surface area contributed by atoms with Crippen molar-refractivity contribution in [2.24, 2.45) is 5.73 Å². The highest BCUT2D eigenvalue weighted by Crippen LogP contribution is 2.36. The van der Waals surface area contributed by atoms with Gasteiger partial charge in [-0.25, -0.2) is 4.39 Å². The minimum Gasteiger partial charge on any atom is -0.488 e. The quantitative estimate of drug-likeness (QED) is 0.870. The predicted molar refractivity (Wildman–Crippen MR) is 70.1 cm³/mol. The fourth-order valence-corrected chi connectivity index (χ4v) is 1.82. The van der Waals surface area contributed by atoms with E-state index in [9.17, 15) is 17.6 Å². The average Bonchev–Trinajstić information content (AvgIpc) is 2.45. The van der Waals surface area contributed by atoms with Crippen molar-refractivity contribution >= 4 is 0 Å². The second-order valence-corrected chi connectivity index (χ2v) is 4.41. The van der Waals surface area contributed by atoms with Crippen LogP contribution in [0.25, 0.3) is 0 Å². The molecule has 2 nitrogen and oxygen atoms in total. The summed E-state index contributed by atoms with van der Waals surface area (Å²) in [5.74, 6) is -0.880. The van der Waals surface area contributed by atoms with E-state index in [1.165, 1.54) is 30.3 Å². The minimum atomic E-state index is -4.52. The van der Waals surface area contributed by atoms with Gasteiger partial charge in [0.05, 0.1) is 5.56 Å². The smallest absolute Gasteiger partial charge is 0.419 e. The highest BCUT2D eigenvalue weighted by atomic mass is 19.4. The Kier molecular flexibility index (Phi) is 4.47. The van der Waals surface area contributed by atoms with Gasteiger partial charge in [0, 0.05) is 12.1 Å². The molecule has 6 heteroatoms. The summed E-state index contributed by atoms with van der Waals surface area (Å²) in [7, 11) is 0. The lowest BCUT2D eigenvalue weighted by Gasteiger charge is -2.14. The van der Waals surface area contributed by atoms with Crippen molar-refractivity contribution < 1.29 is 22.3 Å². The van der Waals surface area contributed by atoms with Gasteiger partial charge in [-0.15, -0.1) is 0 Å². The Labute approximate surface area is 119 Å². The first-order valence-electron chi connectivity index (χ1n) is 6.18. The molecule has 2 aromatic rings. The molecule has 0 amide bonds. The van der Waals surface area contributed by atoms with E-state index in [-0.39, 0.29) is 24.5 Å². The van der Waals surface area contributed by atoms with Crippen LogP contribution in [0.2, 0.25) is 0 Å². The van der Waals surface area contributed by atoms with E-state index in [1.54, 1.807) is 6.07 Å². The molecule has 0 bridgehead atoms. The molecule has 0 aliphatic rings. The Bertz CT molecular complexity index is 625. The number of ether oxygens (including phenoxy) is 1. The van der Waals surface area contributed by atoms with E-state index in [0.717, 1.165) is 6.07 Å². The van der Waals surface area contributed by atoms with Crippen LogP contribution in [0, 0.1) is 5.82 Å². The maximum absolute atomic E-state index is 13.7. The van der Waals surface area contributed by atoms with Crippen LogP contribution in [0.1, 0.15) is 16.7 Å². The molecule has 2 rings (SSSR count). The first kappa shape index (κ1) is 15.3. The third-order valence-electron chi connectivity index (χ3n) is 2.93. The predicted octanol–water partition coefficient (Wildman–Crippen LogP) is 3.88. The van der Waals surface area contributed by atoms with Crippen LogP contribution in [-0.4, -0.2) is 0 Å². The second-order valence-electron chi connectivity index (χ2n) is 4.41. The molecule has 112 valence electrons. The van der Waals surface area contributed by atoms with Crippen LogP contribution >= 0.6 is 0 Å². The van der Waals surface area contributed by atoms with Crippen LogP contribution in [0.15, 0.2) is 42.5 Å². The molecule has 0 radical (unpaired) electrons. The van der Waals surface area contributed by atoms with Gasteiger partial charge < -0.3 is 10.5 Å². The summed E-state index contributed by atoms with van der Waals surface area (Å²) in [6.45, 7) is -0.0985. The highest BCUT2D eigenvalue weighted by Gasteiger charge is 2.34. The number of hydrogen-bond donors (Lipinski definition) is 1. The van der Waals surface area contributed by atoms with E-state index in [2.05, 4.69) is 0 Å². The van der Waals surface area contributed by atoms with Crippen molar-refractivity contribution in [3.63, 3.8) is 0 Å². The van der Waals surface area contributed by atoms with Crippen molar-refractivity contribution in [1.82, 2.24) is 0 Å². The van der Waals surface area contributed by atoms with Crippen molar-refractivity contribution in [3.05, 3.63) is 65.0 Å². The van der Waals surface area contributed by atoms with Gasteiger partial charge in [-0.1, -0.05) is 24.3 Å². The van der Waals surface area contributed by atoms with Gasteiger partial charge in [0.15, 0.2) is 0 Å². The van der Waals surface area contributed by atoms with Gasteiger partial charge in [-0.3, -0.25) is 0 Å². The lowest BCUT2D eigenvalue weighted by Crippen LogP contribution is -2.09. The molecule has 0 unspecified atom stereocenters. The number of alkyl halides is 3. The summed E-state index contributed by atoms with van der Waals surface area (Å²) < 4.78 is 57.2. The molecule has 2 aromatic carbocycles. The molecule has 0 atom stereocenters. The molecule has 0 saturated heterocycles. The second kappa shape index (κ2) is 6.13. The monoisotopic (exact) mass is 299 g/mol. The van der Waals surface area contributed by atoms with Gasteiger partial charge in [0.2, 0.25) is 0 Å². The summed E-state index contributed by atoms with van der Waals surface area (Å²) in [6, 6.07) is 9.13. The maximum atomic E-state index is 13.7. The van der Waals surface area contributed by atoms with Gasteiger partial charge in [-0.2, -0.15) is 13.2 Å². The molecule has 0 aliphatic carbocycles. The molecule has 0 aromatic heterocycles. The van der Waals surface area contributed by atoms with E-state index in [1.807, 2.05) is 0 Å². The van der Waals surface area contributed by atoms with E-state index in [0.29, 0.717) is 5.56 Å². The Hall–Kier alpha value is -2.08. The lowest BCUT2D eigenvalue weighted by atomic mass is 10.1. The average molecular weight is 299 g/mol. The third kappa shape index (κ3) is 3.72. The standard InChI is InChI=1S/C15H13F4NO/c16-13-7-10(8-20)5-6-11(13)9-21-14-4-2-1-3-12(14)15(17,18)19/h1-7H,8-9,20H2. The van der Waals surface area contributed by atoms with Crippen LogP contribution < -0.4 is 10.5 Å². The summed E-state index contributed by atoms with van der Waals surface area (Å²) in [6.07, 6.45) is -4.52. The van der Waals surface area contributed by atoms with Crippen molar-refractivity contribution in [2.75, 3.05) is 0 Å². The first-order valence-corrected chi connectivity index (χ1v) is 6.18. The van der Waals surface area contributed by atoms with Crippen LogP contribution in [-0.2, 0) is 19.3 Å². The van der Waals surface area contributed by atoms with Crippen molar-refractivity contribution in [1.29, 1.82) is 0 Å². The van der Waals surface area contributed by atoms with Gasteiger partial charge >= 0.3 is 6.18 Å². The first-order chi connectivity index (χ1) is 9.91. The third-order valence-corrected chi connectivity index (χ3v) is 2.93. The Morgan fingerprint density at radius 3 is 2.38 bits per heavy atom. The molecule has 0 fully saturated rings. The molecular weight excluding hydrogens is 286 g/mol. The largest absolute Gasteiger partial charge is 0.488 e. The zero-order valence-electron chi connectivity index (χ0n) is 11.0. The number of nitrogens with two attached hydrogens (primary N) is 1. The van der Waals surface area contributed by atoms with E-state index >= 15 is 0 Å². The van der Waals surface area contributed by atoms with Crippen molar-refractivity contribution in [3.8, 4) is 5.75 Å². The van der Waals surface area contributed by atoms with Crippen molar-refractivity contribution in [2.45, 2.75) is 19.3 Å². The van der Waals surface area contributed by atoms with Gasteiger partial charge in [-0.05, 0) is 23.8 Å². The molecule has 0 saturated carbocycles. The highest BCUT2D eigenvalue weighted by molar-refractivity contribution is 5.36. The van der Waals surface area contributed by atoms with Crippen LogP contribution in [0.4, 0.5) is 17.6 Å². The fraction of sp³-hybridized carbons (Fsp3) is 0.200. The number of benzene rings is 2. The summed E-state index contributed by atoms with van der Waals surface area (Å²) in [4.78, 5) is 0. The Balaban J connectivity index is 2.17. The van der Waals surface area contributed by atoms with Crippen LogP contribution in [0.5, 0.6) is 5.75 Å². The zero-order chi connectivity index (χ0) is 15.5. The van der Waals surface area contributed by atoms with E-state index < -0.39 is 17.6 Å². The Morgan fingerprint density at radius 2 is 1.76 bits per heavy atom. The van der Waals surface area contributed by atoms with Crippen LogP contribution in [0.3, 0.4) is 0 Å². The lowest BCUT2D eigenvalue weighted by molar-refractivity contribution is -0.139. The molecule has 2 N–H and O–H groups in total. The summed E-state index contributed by atoms with van der Waals surface area (Å²) in [5, 5.41) is 0. The normalized spacial score (nSPS) is 11.5. The number of rotatable bonds is 4. The molecule has 0 aliphatic heterocycles. The van der Waals surface area contributed by atoms with E-state index in [4.69, 9.17) is 10.5 Å². The Morgan fingerprint density at radius 1 is 1.05 bits per heavy atom. The summed E-state index contributed by atoms with van der Waals surface area (Å²) in [5.41, 5.74) is 5.27. The molecular formula is C15H13F4NO. The fourth-order valence-electron chi connectivity index (χ4n) is 1.82. The molecule has 21 heavy (non-hydrogen) atoms. The SMILES string of the molecule is NCc1ccc(COc2ccccc2C(F)(F)F)c(F)c1. The molecule has 0 spiro atoms. The summed E-state index contributed by atoms with van der Waals surface area (Å²) >= 11 is 0. The van der Waals surface area contributed by atoms with Gasteiger partial charge in [0.25, 0.3) is 0 Å². The zero-order valence-corrected chi connectivity index (χ0v) is 11.0. The molecule has 0 heterocycles. The topological polar surface area (TPSA) is 35.2 Å². The number of para-hydroxylation sites is 1. The number of halogens is 4. The number of hydrogen-bond acceptors (Lipinski definition) is 2. The maximum Gasteiger partial charge on any atom is 0.419 e. The minimum absolute atomic E-state index is 0.171.